The molecular formula is C6H12N2S. The van der Waals surface area contributed by atoms with Crippen LogP contribution >= 0.6 is 11.8 Å². The van der Waals surface area contributed by atoms with Gasteiger partial charge in [0.15, 0.2) is 5.17 Å². The lowest BCUT2D eigenvalue weighted by Crippen LogP contribution is -2.25. The van der Waals surface area contributed by atoms with Crippen molar-refractivity contribution in [2.75, 3.05) is 5.75 Å². The molecule has 0 saturated heterocycles. The van der Waals surface area contributed by atoms with Crippen molar-refractivity contribution in [3.05, 3.63) is 0 Å². The molecule has 0 radical (unpaired) electrons. The number of rotatable bonds is 0. The lowest BCUT2D eigenvalue weighted by atomic mass is 10.1. The van der Waals surface area contributed by atoms with Gasteiger partial charge in [0, 0.05) is 5.75 Å². The second-order valence-corrected chi connectivity index (χ2v) is 3.54. The minimum absolute atomic E-state index is 0.422. The Bertz CT molecular complexity index is 133. The van der Waals surface area contributed by atoms with Crippen molar-refractivity contribution in [3.63, 3.8) is 0 Å². The fourth-order valence-corrected chi connectivity index (χ4v) is 1.67. The minimum Gasteiger partial charge on any atom is -0.379 e. The smallest absolute Gasteiger partial charge is 0.154 e. The molecule has 1 rings (SSSR count). The maximum absolute atomic E-state index is 5.50. The van der Waals surface area contributed by atoms with Crippen LogP contribution in [0.2, 0.25) is 0 Å². The van der Waals surface area contributed by atoms with E-state index in [1.807, 2.05) is 0 Å². The second-order valence-electron chi connectivity index (χ2n) is 2.50. The zero-order valence-electron chi connectivity index (χ0n) is 5.79. The Labute approximate surface area is 59.9 Å². The number of amidine groups is 1. The van der Waals surface area contributed by atoms with Gasteiger partial charge in [-0.2, -0.15) is 0 Å². The molecule has 2 nitrogen and oxygen atoms in total. The summed E-state index contributed by atoms with van der Waals surface area (Å²) in [5, 5.41) is 0.751. The minimum atomic E-state index is 0.422. The molecule has 2 atom stereocenters. The first kappa shape index (κ1) is 6.93. The van der Waals surface area contributed by atoms with Crippen LogP contribution in [0.3, 0.4) is 0 Å². The number of nitrogens with zero attached hydrogens (tertiary/aromatic N) is 1. The predicted molar refractivity (Wildman–Crippen MR) is 42.7 cm³/mol. The zero-order chi connectivity index (χ0) is 6.85. The molecule has 1 aliphatic rings. The monoisotopic (exact) mass is 144 g/mol. The van der Waals surface area contributed by atoms with Crippen LogP contribution in [0.1, 0.15) is 13.8 Å². The molecule has 0 aromatic carbocycles. The highest BCUT2D eigenvalue weighted by Gasteiger charge is 2.16. The molecule has 0 bridgehead atoms. The summed E-state index contributed by atoms with van der Waals surface area (Å²) in [7, 11) is 0. The second kappa shape index (κ2) is 2.60. The Morgan fingerprint density at radius 3 is 2.78 bits per heavy atom. The van der Waals surface area contributed by atoms with Crippen molar-refractivity contribution in [1.82, 2.24) is 0 Å². The summed E-state index contributed by atoms with van der Waals surface area (Å²) in [6, 6.07) is 0.422. The van der Waals surface area contributed by atoms with Crippen LogP contribution in [-0.2, 0) is 0 Å². The molecule has 0 amide bonds. The van der Waals surface area contributed by atoms with Crippen molar-refractivity contribution < 1.29 is 0 Å². The van der Waals surface area contributed by atoms with Gasteiger partial charge in [-0.25, -0.2) is 0 Å². The largest absolute Gasteiger partial charge is 0.379 e. The fraction of sp³-hybridized carbons (Fsp3) is 0.833. The SMILES string of the molecule is CC1CSC(N)=NC1C. The molecule has 9 heavy (non-hydrogen) atoms. The van der Waals surface area contributed by atoms with Crippen molar-refractivity contribution >= 4 is 16.9 Å². The van der Waals surface area contributed by atoms with Gasteiger partial charge in [0.05, 0.1) is 6.04 Å². The molecule has 2 unspecified atom stereocenters. The van der Waals surface area contributed by atoms with Crippen molar-refractivity contribution in [3.8, 4) is 0 Å². The normalized spacial score (nSPS) is 36.0. The highest BCUT2D eigenvalue weighted by atomic mass is 32.2. The van der Waals surface area contributed by atoms with E-state index in [2.05, 4.69) is 18.8 Å². The number of aliphatic imine (C=N–C) groups is 1. The van der Waals surface area contributed by atoms with Crippen molar-refractivity contribution in [2.24, 2.45) is 16.6 Å². The maximum Gasteiger partial charge on any atom is 0.154 e. The van der Waals surface area contributed by atoms with Crippen LogP contribution in [0, 0.1) is 5.92 Å². The summed E-state index contributed by atoms with van der Waals surface area (Å²) in [4.78, 5) is 4.22. The van der Waals surface area contributed by atoms with Gasteiger partial charge in [-0.1, -0.05) is 18.7 Å². The third kappa shape index (κ3) is 1.61. The summed E-state index contributed by atoms with van der Waals surface area (Å²) in [5.41, 5.74) is 5.50. The van der Waals surface area contributed by atoms with Crippen molar-refractivity contribution in [2.45, 2.75) is 19.9 Å². The number of thioether (sulfide) groups is 1. The molecular weight excluding hydrogens is 132 g/mol. The molecule has 0 saturated carbocycles. The van der Waals surface area contributed by atoms with Crippen LogP contribution < -0.4 is 5.73 Å². The average molecular weight is 144 g/mol. The first-order chi connectivity index (χ1) is 4.20. The van der Waals surface area contributed by atoms with E-state index in [-0.39, 0.29) is 0 Å². The van der Waals surface area contributed by atoms with Crippen LogP contribution in [0.4, 0.5) is 0 Å². The highest BCUT2D eigenvalue weighted by molar-refractivity contribution is 8.13. The lowest BCUT2D eigenvalue weighted by Gasteiger charge is -2.20. The van der Waals surface area contributed by atoms with E-state index in [1.165, 1.54) is 0 Å². The predicted octanol–water partition coefficient (Wildman–Crippen LogP) is 1.07. The Hall–Kier alpha value is -0.180. The Morgan fingerprint density at radius 2 is 2.33 bits per heavy atom. The van der Waals surface area contributed by atoms with Gasteiger partial charge >= 0.3 is 0 Å². The van der Waals surface area contributed by atoms with Crippen LogP contribution in [-0.4, -0.2) is 17.0 Å². The van der Waals surface area contributed by atoms with Gasteiger partial charge < -0.3 is 5.73 Å². The third-order valence-electron chi connectivity index (χ3n) is 1.65. The van der Waals surface area contributed by atoms with Crippen LogP contribution in [0.25, 0.3) is 0 Å². The van der Waals surface area contributed by atoms with Gasteiger partial charge in [-0.3, -0.25) is 4.99 Å². The number of nitrogens with two attached hydrogens (primary N) is 1. The molecule has 2 N–H and O–H groups in total. The molecule has 0 spiro atoms. The Balaban J connectivity index is 2.58. The van der Waals surface area contributed by atoms with Gasteiger partial charge in [-0.15, -0.1) is 0 Å². The lowest BCUT2D eigenvalue weighted by molar-refractivity contribution is 0.536. The van der Waals surface area contributed by atoms with E-state index in [1.54, 1.807) is 11.8 Å². The first-order valence-corrected chi connectivity index (χ1v) is 4.15. The molecule has 0 aromatic heterocycles. The van der Waals surface area contributed by atoms with Crippen LogP contribution in [0.5, 0.6) is 0 Å². The Kier molecular flexibility index (Phi) is 2.01. The van der Waals surface area contributed by atoms with Gasteiger partial charge in [0.25, 0.3) is 0 Å². The zero-order valence-corrected chi connectivity index (χ0v) is 6.61. The molecule has 1 heterocycles. The molecule has 0 aliphatic carbocycles. The molecule has 0 aromatic rings. The third-order valence-corrected chi connectivity index (χ3v) is 2.74. The van der Waals surface area contributed by atoms with Gasteiger partial charge in [-0.05, 0) is 12.8 Å². The average Bonchev–Trinajstić information content (AvgIpc) is 1.80. The maximum atomic E-state index is 5.50. The molecule has 52 valence electrons. The first-order valence-electron chi connectivity index (χ1n) is 3.16. The van der Waals surface area contributed by atoms with Crippen molar-refractivity contribution in [1.29, 1.82) is 0 Å². The standard InChI is InChI=1S/C6H12N2S/c1-4-3-9-6(7)8-5(4)2/h4-5H,3H2,1-2H3,(H2,7,8). The van der Waals surface area contributed by atoms with Gasteiger partial charge in [0.2, 0.25) is 0 Å². The summed E-state index contributed by atoms with van der Waals surface area (Å²) >= 11 is 1.66. The summed E-state index contributed by atoms with van der Waals surface area (Å²) in [6.07, 6.45) is 0. The molecule has 1 aliphatic heterocycles. The van der Waals surface area contributed by atoms with E-state index in [9.17, 15) is 0 Å². The van der Waals surface area contributed by atoms with E-state index in [4.69, 9.17) is 5.73 Å². The quantitative estimate of drug-likeness (QED) is 0.552. The molecule has 3 heteroatoms. The van der Waals surface area contributed by atoms with Crippen LogP contribution in [0.15, 0.2) is 4.99 Å². The topological polar surface area (TPSA) is 38.4 Å². The van der Waals surface area contributed by atoms with E-state index in [0.29, 0.717) is 12.0 Å². The highest BCUT2D eigenvalue weighted by Crippen LogP contribution is 2.19. The summed E-state index contributed by atoms with van der Waals surface area (Å²) in [5.74, 6) is 1.80. The number of hydrogen-bond donors (Lipinski definition) is 1. The fourth-order valence-electron chi connectivity index (χ4n) is 0.721. The summed E-state index contributed by atoms with van der Waals surface area (Å²) in [6.45, 7) is 4.31. The number of hydrogen-bond acceptors (Lipinski definition) is 3. The van der Waals surface area contributed by atoms with E-state index >= 15 is 0 Å². The van der Waals surface area contributed by atoms with E-state index in [0.717, 1.165) is 10.9 Å². The van der Waals surface area contributed by atoms with Gasteiger partial charge in [0.1, 0.15) is 0 Å². The molecule has 0 fully saturated rings. The summed E-state index contributed by atoms with van der Waals surface area (Å²) < 4.78 is 0. The Morgan fingerprint density at radius 1 is 1.67 bits per heavy atom. The van der Waals surface area contributed by atoms with E-state index < -0.39 is 0 Å².